The molecule has 1 aromatic heterocycles. The van der Waals surface area contributed by atoms with Gasteiger partial charge in [0.15, 0.2) is 0 Å². The summed E-state index contributed by atoms with van der Waals surface area (Å²) < 4.78 is 7.58. The lowest BCUT2D eigenvalue weighted by atomic mass is 10.0. The lowest BCUT2D eigenvalue weighted by molar-refractivity contribution is 0.0535. The van der Waals surface area contributed by atoms with Crippen molar-refractivity contribution in [3.63, 3.8) is 0 Å². The van der Waals surface area contributed by atoms with Crippen molar-refractivity contribution in [2.24, 2.45) is 0 Å². The van der Waals surface area contributed by atoms with Gasteiger partial charge in [0.25, 0.3) is 0 Å². The average molecular weight is 312 g/mol. The van der Waals surface area contributed by atoms with E-state index in [-0.39, 0.29) is 0 Å². The van der Waals surface area contributed by atoms with E-state index in [2.05, 4.69) is 40.9 Å². The van der Waals surface area contributed by atoms with Crippen LogP contribution in [0.4, 0.5) is 4.79 Å². The molecule has 1 aliphatic rings. The number of alkyl carbamates (subject to hydrolysis) is 1. The predicted molar refractivity (Wildman–Crippen MR) is 93.5 cm³/mol. The van der Waals surface area contributed by atoms with Gasteiger partial charge in [-0.1, -0.05) is 24.8 Å². The maximum Gasteiger partial charge on any atom is 0.407 e. The molecular weight excluding hydrogens is 288 g/mol. The van der Waals surface area contributed by atoms with Crippen LogP contribution in [0.2, 0.25) is 0 Å². The van der Waals surface area contributed by atoms with Gasteiger partial charge in [-0.05, 0) is 44.7 Å². The number of nitrogens with zero attached hydrogens (tertiary/aromatic N) is 1. The van der Waals surface area contributed by atoms with Crippen LogP contribution in [-0.4, -0.2) is 22.8 Å². The van der Waals surface area contributed by atoms with Crippen molar-refractivity contribution >= 4 is 22.6 Å². The Morgan fingerprint density at radius 2 is 2.17 bits per heavy atom. The van der Waals surface area contributed by atoms with Gasteiger partial charge < -0.3 is 14.6 Å². The second kappa shape index (κ2) is 5.76. The first kappa shape index (κ1) is 15.7. The van der Waals surface area contributed by atoms with Crippen LogP contribution in [0.15, 0.2) is 31.0 Å². The molecule has 0 bridgehead atoms. The Kier molecular flexibility index (Phi) is 3.92. The largest absolute Gasteiger partial charge is 0.444 e. The third kappa shape index (κ3) is 3.26. The first-order chi connectivity index (χ1) is 10.8. The third-order valence-corrected chi connectivity index (χ3v) is 4.05. The Bertz CT molecular complexity index is 766. The maximum absolute atomic E-state index is 11.8. The molecule has 4 nitrogen and oxygen atoms in total. The molecule has 1 aromatic carbocycles. The van der Waals surface area contributed by atoms with Gasteiger partial charge in [0.1, 0.15) is 5.60 Å². The van der Waals surface area contributed by atoms with Gasteiger partial charge in [0.05, 0.1) is 5.52 Å². The lowest BCUT2D eigenvalue weighted by Gasteiger charge is -2.19. The van der Waals surface area contributed by atoms with Gasteiger partial charge in [-0.25, -0.2) is 4.79 Å². The topological polar surface area (TPSA) is 43.3 Å². The van der Waals surface area contributed by atoms with Gasteiger partial charge >= 0.3 is 6.09 Å². The van der Waals surface area contributed by atoms with E-state index < -0.39 is 11.7 Å². The molecule has 23 heavy (non-hydrogen) atoms. The zero-order valence-electron chi connectivity index (χ0n) is 14.1. The molecule has 0 atom stereocenters. The molecule has 3 rings (SSSR count). The van der Waals surface area contributed by atoms with Crippen molar-refractivity contribution in [2.45, 2.75) is 45.8 Å². The predicted octanol–water partition coefficient (Wildman–Crippen LogP) is 4.13. The zero-order chi connectivity index (χ0) is 16.6. The lowest BCUT2D eigenvalue weighted by Crippen LogP contribution is -2.33. The fourth-order valence-electron chi connectivity index (χ4n) is 3.13. The first-order valence-electron chi connectivity index (χ1n) is 8.11. The van der Waals surface area contributed by atoms with E-state index >= 15 is 0 Å². The number of carbonyl (C=O) groups is 1. The van der Waals surface area contributed by atoms with Crippen LogP contribution in [0.25, 0.3) is 16.5 Å². The third-order valence-electron chi connectivity index (χ3n) is 4.05. The second-order valence-corrected chi connectivity index (χ2v) is 7.11. The smallest absolute Gasteiger partial charge is 0.407 e. The molecule has 0 spiro atoms. The normalized spacial score (nSPS) is 13.9. The summed E-state index contributed by atoms with van der Waals surface area (Å²) in [4.78, 5) is 11.8. The summed E-state index contributed by atoms with van der Waals surface area (Å²) in [6, 6.07) is 6.43. The number of carbonyl (C=O) groups excluding carboxylic acids is 1. The summed E-state index contributed by atoms with van der Waals surface area (Å²) in [5.41, 5.74) is 4.23. The van der Waals surface area contributed by atoms with Crippen LogP contribution in [0.1, 0.15) is 38.3 Å². The van der Waals surface area contributed by atoms with Crippen molar-refractivity contribution in [1.82, 2.24) is 9.88 Å². The monoisotopic (exact) mass is 312 g/mol. The molecule has 0 radical (unpaired) electrons. The number of ether oxygens (including phenoxy) is 1. The van der Waals surface area contributed by atoms with Crippen molar-refractivity contribution in [2.75, 3.05) is 6.54 Å². The van der Waals surface area contributed by atoms with Crippen molar-refractivity contribution < 1.29 is 9.53 Å². The number of aromatic nitrogens is 1. The molecule has 0 saturated carbocycles. The van der Waals surface area contributed by atoms with Crippen LogP contribution in [0, 0.1) is 0 Å². The molecule has 1 amide bonds. The number of hydrogen-bond donors (Lipinski definition) is 1. The number of benzene rings is 1. The van der Waals surface area contributed by atoms with Crippen molar-refractivity contribution in [3.8, 4) is 0 Å². The summed E-state index contributed by atoms with van der Waals surface area (Å²) in [5.74, 6) is 0. The first-order valence-corrected chi connectivity index (χ1v) is 8.11. The van der Waals surface area contributed by atoms with Crippen LogP contribution in [0.3, 0.4) is 0 Å². The van der Waals surface area contributed by atoms with E-state index in [1.807, 2.05) is 20.8 Å². The van der Waals surface area contributed by atoms with E-state index in [0.29, 0.717) is 6.54 Å². The minimum Gasteiger partial charge on any atom is -0.444 e. The van der Waals surface area contributed by atoms with Crippen LogP contribution >= 0.6 is 0 Å². The standard InChI is InChI=1S/C19H24N2O2/c1-13(11-20-18(22)23-19(2,3)4)16-12-21-10-6-8-14-7-5-9-15(16)17(14)21/h5,7,9,12H,1,6,8,10-11H2,2-4H3,(H,20,22). The fourth-order valence-corrected chi connectivity index (χ4v) is 3.13. The number of rotatable bonds is 3. The Labute approximate surface area is 137 Å². The second-order valence-electron chi connectivity index (χ2n) is 7.11. The molecule has 2 aromatic rings. The van der Waals surface area contributed by atoms with E-state index in [0.717, 1.165) is 24.1 Å². The van der Waals surface area contributed by atoms with E-state index in [1.54, 1.807) is 0 Å². The molecule has 1 N–H and O–H groups in total. The van der Waals surface area contributed by atoms with Gasteiger partial charge in [-0.2, -0.15) is 0 Å². The fraction of sp³-hybridized carbons (Fsp3) is 0.421. The molecule has 4 heteroatoms. The molecule has 0 saturated heterocycles. The summed E-state index contributed by atoms with van der Waals surface area (Å²) in [6.07, 6.45) is 4.05. The highest BCUT2D eigenvalue weighted by molar-refractivity contribution is 5.95. The summed E-state index contributed by atoms with van der Waals surface area (Å²) in [5, 5.41) is 4.01. The average Bonchev–Trinajstić information content (AvgIpc) is 2.85. The molecule has 0 fully saturated rings. The Balaban J connectivity index is 1.78. The van der Waals surface area contributed by atoms with E-state index in [4.69, 9.17) is 4.74 Å². The van der Waals surface area contributed by atoms with Gasteiger partial charge in [0.2, 0.25) is 0 Å². The molecule has 0 unspecified atom stereocenters. The summed E-state index contributed by atoms with van der Waals surface area (Å²) >= 11 is 0. The highest BCUT2D eigenvalue weighted by Crippen LogP contribution is 2.32. The van der Waals surface area contributed by atoms with E-state index in [9.17, 15) is 4.79 Å². The highest BCUT2D eigenvalue weighted by Gasteiger charge is 2.19. The summed E-state index contributed by atoms with van der Waals surface area (Å²) in [6.45, 7) is 11.1. The van der Waals surface area contributed by atoms with Gasteiger partial charge in [-0.15, -0.1) is 0 Å². The number of aryl methyl sites for hydroxylation is 2. The maximum atomic E-state index is 11.8. The van der Waals surface area contributed by atoms with E-state index in [1.165, 1.54) is 22.9 Å². The Morgan fingerprint density at radius 1 is 1.39 bits per heavy atom. The van der Waals surface area contributed by atoms with Crippen LogP contribution in [-0.2, 0) is 17.7 Å². The number of nitrogens with one attached hydrogen (secondary N) is 1. The molecule has 122 valence electrons. The SMILES string of the molecule is C=C(CNC(=O)OC(C)(C)C)c1cn2c3c(cccc13)CCC2. The van der Waals surface area contributed by atoms with Crippen molar-refractivity contribution in [3.05, 3.63) is 42.1 Å². The zero-order valence-corrected chi connectivity index (χ0v) is 14.1. The molecular formula is C19H24N2O2. The van der Waals surface area contributed by atoms with Gasteiger partial charge in [0, 0.05) is 30.2 Å². The molecule has 1 aliphatic heterocycles. The number of para-hydroxylation sites is 1. The Hall–Kier alpha value is -2.23. The molecule has 0 aliphatic carbocycles. The minimum absolute atomic E-state index is 0.387. The molecule has 2 heterocycles. The van der Waals surface area contributed by atoms with Crippen LogP contribution < -0.4 is 5.32 Å². The minimum atomic E-state index is -0.491. The summed E-state index contributed by atoms with van der Waals surface area (Å²) in [7, 11) is 0. The number of hydrogen-bond acceptors (Lipinski definition) is 2. The van der Waals surface area contributed by atoms with Crippen molar-refractivity contribution in [1.29, 1.82) is 0 Å². The number of amides is 1. The van der Waals surface area contributed by atoms with Crippen LogP contribution in [0.5, 0.6) is 0 Å². The Morgan fingerprint density at radius 3 is 2.91 bits per heavy atom. The van der Waals surface area contributed by atoms with Gasteiger partial charge in [-0.3, -0.25) is 0 Å². The quantitative estimate of drug-likeness (QED) is 0.926. The highest BCUT2D eigenvalue weighted by atomic mass is 16.6.